The van der Waals surface area contributed by atoms with Crippen molar-refractivity contribution in [1.29, 1.82) is 0 Å². The van der Waals surface area contributed by atoms with Gasteiger partial charge in [0.2, 0.25) is 0 Å². The molecule has 0 aliphatic carbocycles. The minimum absolute atomic E-state index is 0.191. The Morgan fingerprint density at radius 2 is 1.90 bits per heavy atom. The minimum atomic E-state index is -0.637. The summed E-state index contributed by atoms with van der Waals surface area (Å²) < 4.78 is 10.0. The molecule has 1 rings (SSSR count). The van der Waals surface area contributed by atoms with Crippen LogP contribution >= 0.6 is 0 Å². The predicted molar refractivity (Wildman–Crippen MR) is 75.6 cm³/mol. The SMILES string of the molecule is CCN(CC)C(=O)COC(=O)c1cc(OC)ccc1N. The maximum Gasteiger partial charge on any atom is 0.340 e. The van der Waals surface area contributed by atoms with Crippen LogP contribution in [0.2, 0.25) is 0 Å². The summed E-state index contributed by atoms with van der Waals surface area (Å²) in [6.45, 7) is 4.59. The third kappa shape index (κ3) is 3.88. The second-order valence-electron chi connectivity index (χ2n) is 4.10. The molecule has 1 amide bonds. The van der Waals surface area contributed by atoms with Crippen LogP contribution in [0.15, 0.2) is 18.2 Å². The standard InChI is InChI=1S/C14H20N2O4/c1-4-16(5-2)13(17)9-20-14(18)11-8-10(19-3)6-7-12(11)15/h6-8H,4-5,9,15H2,1-3H3. The molecule has 2 N–H and O–H groups in total. The Morgan fingerprint density at radius 3 is 2.45 bits per heavy atom. The zero-order valence-corrected chi connectivity index (χ0v) is 12.0. The first-order valence-electron chi connectivity index (χ1n) is 6.41. The van der Waals surface area contributed by atoms with Crippen molar-refractivity contribution < 1.29 is 19.1 Å². The lowest BCUT2D eigenvalue weighted by Gasteiger charge is -2.18. The van der Waals surface area contributed by atoms with Crippen LogP contribution in [0, 0.1) is 0 Å². The Kier molecular flexibility index (Phi) is 5.83. The fraction of sp³-hybridized carbons (Fsp3) is 0.429. The van der Waals surface area contributed by atoms with Crippen LogP contribution in [0.25, 0.3) is 0 Å². The summed E-state index contributed by atoms with van der Waals surface area (Å²) in [4.78, 5) is 25.2. The number of hydrogen-bond acceptors (Lipinski definition) is 5. The van der Waals surface area contributed by atoms with Gasteiger partial charge in [-0.2, -0.15) is 0 Å². The highest BCUT2D eigenvalue weighted by molar-refractivity contribution is 5.96. The molecule has 0 atom stereocenters. The van der Waals surface area contributed by atoms with Crippen LogP contribution in [0.3, 0.4) is 0 Å². The lowest BCUT2D eigenvalue weighted by Crippen LogP contribution is -2.34. The first-order valence-corrected chi connectivity index (χ1v) is 6.41. The molecule has 0 saturated carbocycles. The molecule has 0 heterocycles. The molecule has 0 aliphatic rings. The Balaban J connectivity index is 2.70. The van der Waals surface area contributed by atoms with Crippen molar-refractivity contribution in [3.8, 4) is 5.75 Å². The molecular weight excluding hydrogens is 260 g/mol. The predicted octanol–water partition coefficient (Wildman–Crippen LogP) is 1.30. The van der Waals surface area contributed by atoms with E-state index in [-0.39, 0.29) is 23.8 Å². The number of anilines is 1. The van der Waals surface area contributed by atoms with Gasteiger partial charge in [0.05, 0.1) is 12.7 Å². The molecule has 0 spiro atoms. The molecule has 0 saturated heterocycles. The Morgan fingerprint density at radius 1 is 1.25 bits per heavy atom. The second kappa shape index (κ2) is 7.37. The molecule has 0 fully saturated rings. The molecule has 0 radical (unpaired) electrons. The second-order valence-corrected chi connectivity index (χ2v) is 4.10. The summed E-state index contributed by atoms with van der Waals surface area (Å²) in [5.41, 5.74) is 6.19. The molecule has 110 valence electrons. The summed E-state index contributed by atoms with van der Waals surface area (Å²) >= 11 is 0. The lowest BCUT2D eigenvalue weighted by atomic mass is 10.2. The van der Waals surface area contributed by atoms with E-state index in [4.69, 9.17) is 15.2 Å². The highest BCUT2D eigenvalue weighted by Crippen LogP contribution is 2.20. The van der Waals surface area contributed by atoms with E-state index in [1.807, 2.05) is 13.8 Å². The number of rotatable bonds is 6. The molecule has 6 nitrogen and oxygen atoms in total. The van der Waals surface area contributed by atoms with Crippen molar-refractivity contribution in [2.45, 2.75) is 13.8 Å². The first kappa shape index (κ1) is 15.8. The number of nitrogens with zero attached hydrogens (tertiary/aromatic N) is 1. The van der Waals surface area contributed by atoms with E-state index in [2.05, 4.69) is 0 Å². The number of carbonyl (C=O) groups is 2. The normalized spacial score (nSPS) is 9.95. The highest BCUT2D eigenvalue weighted by Gasteiger charge is 2.16. The van der Waals surface area contributed by atoms with E-state index >= 15 is 0 Å². The number of hydrogen-bond donors (Lipinski definition) is 1. The fourth-order valence-corrected chi connectivity index (χ4v) is 1.71. The van der Waals surface area contributed by atoms with Gasteiger partial charge < -0.3 is 20.1 Å². The van der Waals surface area contributed by atoms with Crippen molar-refractivity contribution in [3.05, 3.63) is 23.8 Å². The topological polar surface area (TPSA) is 81.9 Å². The average molecular weight is 280 g/mol. The number of ether oxygens (including phenoxy) is 2. The van der Waals surface area contributed by atoms with Crippen molar-refractivity contribution in [3.63, 3.8) is 0 Å². The van der Waals surface area contributed by atoms with Gasteiger partial charge in [0.25, 0.3) is 5.91 Å². The summed E-state index contributed by atoms with van der Waals surface area (Å²) in [6.07, 6.45) is 0. The van der Waals surface area contributed by atoms with Gasteiger partial charge in [-0.15, -0.1) is 0 Å². The van der Waals surface area contributed by atoms with E-state index in [1.54, 1.807) is 17.0 Å². The number of nitrogen functional groups attached to an aromatic ring is 1. The average Bonchev–Trinajstić information content (AvgIpc) is 2.46. The van der Waals surface area contributed by atoms with Gasteiger partial charge in [0.1, 0.15) is 5.75 Å². The summed E-state index contributed by atoms with van der Waals surface area (Å²) in [6, 6.07) is 4.69. The molecular formula is C14H20N2O4. The van der Waals surface area contributed by atoms with E-state index in [0.717, 1.165) is 0 Å². The third-order valence-electron chi connectivity index (χ3n) is 2.92. The number of methoxy groups -OCH3 is 1. The van der Waals surface area contributed by atoms with E-state index in [0.29, 0.717) is 18.8 Å². The number of likely N-dealkylation sites (N-methyl/N-ethyl adjacent to an activating group) is 1. The van der Waals surface area contributed by atoms with Crippen molar-refractivity contribution in [2.75, 3.05) is 32.5 Å². The smallest absolute Gasteiger partial charge is 0.340 e. The number of nitrogens with two attached hydrogens (primary N) is 1. The maximum absolute atomic E-state index is 11.9. The van der Waals surface area contributed by atoms with Gasteiger partial charge in [-0.25, -0.2) is 4.79 Å². The van der Waals surface area contributed by atoms with Gasteiger partial charge in [0.15, 0.2) is 6.61 Å². The quantitative estimate of drug-likeness (QED) is 0.627. The first-order chi connectivity index (χ1) is 9.53. The Labute approximate surface area is 118 Å². The van der Waals surface area contributed by atoms with Crippen molar-refractivity contribution in [2.24, 2.45) is 0 Å². The summed E-state index contributed by atoms with van der Waals surface area (Å²) in [7, 11) is 1.49. The van der Waals surface area contributed by atoms with Crippen LogP contribution < -0.4 is 10.5 Å². The number of amides is 1. The Hall–Kier alpha value is -2.24. The summed E-state index contributed by atoms with van der Waals surface area (Å²) in [5.74, 6) is -0.368. The number of carbonyl (C=O) groups excluding carboxylic acids is 2. The van der Waals surface area contributed by atoms with Crippen LogP contribution in [-0.4, -0.2) is 43.6 Å². The molecule has 0 aromatic heterocycles. The molecule has 0 bridgehead atoms. The minimum Gasteiger partial charge on any atom is -0.497 e. The summed E-state index contributed by atoms with van der Waals surface area (Å²) in [5, 5.41) is 0. The van der Waals surface area contributed by atoms with Gasteiger partial charge >= 0.3 is 5.97 Å². The van der Waals surface area contributed by atoms with E-state index < -0.39 is 5.97 Å². The monoisotopic (exact) mass is 280 g/mol. The molecule has 20 heavy (non-hydrogen) atoms. The van der Waals surface area contributed by atoms with Crippen molar-refractivity contribution in [1.82, 2.24) is 4.90 Å². The van der Waals surface area contributed by atoms with Crippen LogP contribution in [0.1, 0.15) is 24.2 Å². The number of benzene rings is 1. The maximum atomic E-state index is 11.9. The van der Waals surface area contributed by atoms with Gasteiger partial charge in [0, 0.05) is 18.8 Å². The zero-order chi connectivity index (χ0) is 15.1. The molecule has 6 heteroatoms. The highest BCUT2D eigenvalue weighted by atomic mass is 16.5. The van der Waals surface area contributed by atoms with Gasteiger partial charge in [-0.3, -0.25) is 4.79 Å². The molecule has 1 aromatic carbocycles. The molecule has 0 aliphatic heterocycles. The number of esters is 1. The van der Waals surface area contributed by atoms with E-state index in [1.165, 1.54) is 13.2 Å². The lowest BCUT2D eigenvalue weighted by molar-refractivity contribution is -0.134. The largest absolute Gasteiger partial charge is 0.497 e. The van der Waals surface area contributed by atoms with E-state index in [9.17, 15) is 9.59 Å². The Bertz CT molecular complexity index is 484. The zero-order valence-electron chi connectivity index (χ0n) is 12.0. The molecule has 1 aromatic rings. The third-order valence-corrected chi connectivity index (χ3v) is 2.92. The van der Waals surface area contributed by atoms with Crippen LogP contribution in [0.5, 0.6) is 5.75 Å². The van der Waals surface area contributed by atoms with Crippen LogP contribution in [-0.2, 0) is 9.53 Å². The van der Waals surface area contributed by atoms with Gasteiger partial charge in [-0.1, -0.05) is 0 Å². The molecule has 0 unspecified atom stereocenters. The van der Waals surface area contributed by atoms with Crippen LogP contribution in [0.4, 0.5) is 5.69 Å². The van der Waals surface area contributed by atoms with Gasteiger partial charge in [-0.05, 0) is 32.0 Å². The fourth-order valence-electron chi connectivity index (χ4n) is 1.71. The van der Waals surface area contributed by atoms with Crippen molar-refractivity contribution >= 4 is 17.6 Å².